The van der Waals surface area contributed by atoms with Crippen molar-refractivity contribution in [2.75, 3.05) is 0 Å². The van der Waals surface area contributed by atoms with Gasteiger partial charge < -0.3 is 0 Å². The predicted molar refractivity (Wildman–Crippen MR) is 15.0 cm³/mol. The first-order valence-electron chi connectivity index (χ1n) is 0.960. The van der Waals surface area contributed by atoms with Crippen molar-refractivity contribution in [1.29, 1.82) is 0 Å². The summed E-state index contributed by atoms with van der Waals surface area (Å²) < 4.78 is 1.96. The molecule has 0 aromatic rings. The second-order valence-electron chi connectivity index (χ2n) is 0.362. The van der Waals surface area contributed by atoms with Crippen molar-refractivity contribution in [3.05, 3.63) is 9.12 Å². The van der Waals surface area contributed by atoms with Crippen LogP contribution < -0.4 is 0 Å². The Morgan fingerprint density at radius 1 is 1.75 bits per heavy atom. The van der Waals surface area contributed by atoms with Crippen molar-refractivity contribution in [2.45, 2.75) is 0 Å². The van der Waals surface area contributed by atoms with E-state index in [9.17, 15) is 0 Å². The maximum atomic E-state index is 5.05. The Kier molecular flexibility index (Phi) is 4.92. The summed E-state index contributed by atoms with van der Waals surface area (Å²) in [6, 6.07) is 0. The van der Waals surface area contributed by atoms with Crippen molar-refractivity contribution >= 4 is 11.6 Å². The molecule has 0 aromatic carbocycles. The third-order valence-electron chi connectivity index (χ3n) is 0.0891. The zero-order valence-electron chi connectivity index (χ0n) is 2.24. The van der Waals surface area contributed by atoms with Gasteiger partial charge in [0.15, 0.2) is 0 Å². The first-order valence-corrected chi connectivity index (χ1v) is 4.57. The standard InChI is InChI=1S/C2H2Cl.Hg/c1-2-3;/h1-2H;. The van der Waals surface area contributed by atoms with Gasteiger partial charge in [0, 0.05) is 0 Å². The van der Waals surface area contributed by atoms with Crippen LogP contribution in [-0.4, -0.2) is 0 Å². The second-order valence-corrected chi connectivity index (χ2v) is 2.45. The summed E-state index contributed by atoms with van der Waals surface area (Å²) in [5.41, 5.74) is 1.56. The van der Waals surface area contributed by atoms with Crippen LogP contribution in [0.15, 0.2) is 9.12 Å². The number of hydrogen-bond donors (Lipinski definition) is 0. The van der Waals surface area contributed by atoms with Crippen LogP contribution >= 0.6 is 11.6 Å². The molecule has 4 heavy (non-hydrogen) atoms. The van der Waals surface area contributed by atoms with Crippen molar-refractivity contribution in [2.24, 2.45) is 0 Å². The van der Waals surface area contributed by atoms with Crippen LogP contribution in [0.4, 0.5) is 0 Å². The molecule has 0 amide bonds. The molecular weight excluding hydrogens is 260 g/mol. The Balaban J connectivity index is 2.55. The summed E-state index contributed by atoms with van der Waals surface area (Å²) in [7, 11) is 0. The van der Waals surface area contributed by atoms with Gasteiger partial charge in [-0.2, -0.15) is 0 Å². The Morgan fingerprint density at radius 2 is 2.00 bits per heavy atom. The zero-order chi connectivity index (χ0) is 3.41. The Hall–Kier alpha value is 0.965. The van der Waals surface area contributed by atoms with Crippen molar-refractivity contribution in [1.82, 2.24) is 0 Å². The van der Waals surface area contributed by atoms with Crippen LogP contribution in [0.5, 0.6) is 0 Å². The number of rotatable bonds is 0. The van der Waals surface area contributed by atoms with Crippen molar-refractivity contribution in [3.63, 3.8) is 0 Å². The molecule has 19 valence electrons. The van der Waals surface area contributed by atoms with Gasteiger partial charge in [0.25, 0.3) is 0 Å². The van der Waals surface area contributed by atoms with E-state index < -0.39 is 0 Å². The summed E-state index contributed by atoms with van der Waals surface area (Å²) in [5, 5.41) is 0. The fraction of sp³-hybridized carbons (Fsp3) is 0. The van der Waals surface area contributed by atoms with E-state index in [0.29, 0.717) is 0 Å². The number of hydrogen-bond acceptors (Lipinski definition) is 0. The summed E-state index contributed by atoms with van der Waals surface area (Å²) in [5.74, 6) is 0. The third-order valence-corrected chi connectivity index (χ3v) is 2.35. The zero-order valence-corrected chi connectivity index (χ0v) is 8.49. The van der Waals surface area contributed by atoms with Gasteiger partial charge in [-0.05, 0) is 0 Å². The molecule has 0 saturated heterocycles. The van der Waals surface area contributed by atoms with E-state index in [1.807, 2.05) is 3.58 Å². The van der Waals surface area contributed by atoms with Gasteiger partial charge in [-0.15, -0.1) is 0 Å². The van der Waals surface area contributed by atoms with Crippen LogP contribution in [0.1, 0.15) is 0 Å². The quantitative estimate of drug-likeness (QED) is 0.576. The van der Waals surface area contributed by atoms with E-state index >= 15 is 0 Å². The van der Waals surface area contributed by atoms with Crippen LogP contribution in [-0.2, 0) is 26.1 Å². The Labute approximate surface area is 46.8 Å². The minimum absolute atomic E-state index is 0.761. The Morgan fingerprint density at radius 3 is 2.00 bits per heavy atom. The minimum atomic E-state index is 0.761. The summed E-state index contributed by atoms with van der Waals surface area (Å²) in [6.45, 7) is 0. The van der Waals surface area contributed by atoms with Gasteiger partial charge in [-0.1, -0.05) is 0 Å². The SMILES string of the molecule is Cl/C=[CH]/[Hg]. The van der Waals surface area contributed by atoms with Crippen LogP contribution in [0.2, 0.25) is 0 Å². The predicted octanol–water partition coefficient (Wildman–Crippen LogP) is 1.24. The molecule has 0 heterocycles. The van der Waals surface area contributed by atoms with Crippen LogP contribution in [0.25, 0.3) is 0 Å². The van der Waals surface area contributed by atoms with Gasteiger partial charge in [0.1, 0.15) is 0 Å². The van der Waals surface area contributed by atoms with Gasteiger partial charge >= 0.3 is 46.8 Å². The molecule has 0 spiro atoms. The molecule has 0 bridgehead atoms. The topological polar surface area (TPSA) is 0 Å². The van der Waals surface area contributed by atoms with Gasteiger partial charge in [0.2, 0.25) is 0 Å². The van der Waals surface area contributed by atoms with E-state index in [1.54, 1.807) is 5.54 Å². The van der Waals surface area contributed by atoms with E-state index in [2.05, 4.69) is 0 Å². The van der Waals surface area contributed by atoms with Gasteiger partial charge in [-0.3, -0.25) is 0 Å². The van der Waals surface area contributed by atoms with E-state index in [-0.39, 0.29) is 0 Å². The normalized spacial score (nSPS) is 9.75. The molecule has 2 heteroatoms. The number of halogens is 1. The second kappa shape index (κ2) is 3.97. The fourth-order valence-electron chi connectivity index (χ4n) is 0. The Bertz CT molecular complexity index is 21.2. The molecule has 0 N–H and O–H groups in total. The van der Waals surface area contributed by atoms with Gasteiger partial charge in [-0.25, -0.2) is 0 Å². The first-order chi connectivity index (χ1) is 1.91. The molecule has 0 rings (SSSR count). The molecule has 0 nitrogen and oxygen atoms in total. The summed E-state index contributed by atoms with van der Waals surface area (Å²) >= 11 is 5.81. The maximum absolute atomic E-state index is 5.05. The molecule has 0 aromatic heterocycles. The molecule has 0 saturated carbocycles. The molecule has 0 unspecified atom stereocenters. The summed E-state index contributed by atoms with van der Waals surface area (Å²) in [4.78, 5) is 0. The van der Waals surface area contributed by atoms with Crippen molar-refractivity contribution in [3.8, 4) is 0 Å². The first kappa shape index (κ1) is 4.97. The van der Waals surface area contributed by atoms with E-state index in [1.165, 1.54) is 0 Å². The van der Waals surface area contributed by atoms with Gasteiger partial charge in [0.05, 0.1) is 0 Å². The van der Waals surface area contributed by atoms with E-state index in [0.717, 1.165) is 26.1 Å². The molecule has 0 fully saturated rings. The van der Waals surface area contributed by atoms with Crippen LogP contribution in [0.3, 0.4) is 0 Å². The molecule has 0 aliphatic heterocycles. The third kappa shape index (κ3) is 2.97. The summed E-state index contributed by atoms with van der Waals surface area (Å²) in [6.07, 6.45) is 0. The fourth-order valence-corrected chi connectivity index (χ4v) is 0. The molecule has 0 radical (unpaired) electrons. The molecule has 0 aliphatic rings. The monoisotopic (exact) mass is 263 g/mol. The van der Waals surface area contributed by atoms with E-state index in [4.69, 9.17) is 11.6 Å². The average molecular weight is 262 g/mol. The van der Waals surface area contributed by atoms with Crippen molar-refractivity contribution < 1.29 is 26.1 Å². The molecular formula is C2H2ClHg. The average Bonchev–Trinajstić information content (AvgIpc) is 1.37. The van der Waals surface area contributed by atoms with Crippen LogP contribution in [0, 0.1) is 0 Å². The molecule has 0 aliphatic carbocycles. The molecule has 0 atom stereocenters.